The van der Waals surface area contributed by atoms with Crippen molar-refractivity contribution in [2.45, 2.75) is 143 Å². The molecule has 30 heavy (non-hydrogen) atoms. The average molecular weight is 427 g/mol. The van der Waals surface area contributed by atoms with Gasteiger partial charge >= 0.3 is 11.9 Å². The van der Waals surface area contributed by atoms with Crippen LogP contribution in [0.3, 0.4) is 0 Å². The van der Waals surface area contributed by atoms with Crippen LogP contribution in [0.15, 0.2) is 0 Å². The number of unbranched alkanes of at least 4 members (excludes halogenated alkanes) is 11. The van der Waals surface area contributed by atoms with Crippen molar-refractivity contribution in [3.63, 3.8) is 0 Å². The molecular formula is C26H50O4. The summed E-state index contributed by atoms with van der Waals surface area (Å²) >= 11 is 0. The number of carbonyl (C=O) groups is 2. The van der Waals surface area contributed by atoms with Crippen molar-refractivity contribution in [3.8, 4) is 0 Å². The van der Waals surface area contributed by atoms with E-state index in [1.165, 1.54) is 64.2 Å². The third-order valence-electron chi connectivity index (χ3n) is 5.52. The lowest BCUT2D eigenvalue weighted by Crippen LogP contribution is -2.16. The molecule has 0 aliphatic carbocycles. The summed E-state index contributed by atoms with van der Waals surface area (Å²) in [4.78, 5) is 23.6. The molecule has 4 nitrogen and oxygen atoms in total. The fourth-order valence-electron chi connectivity index (χ4n) is 3.56. The Morgan fingerprint density at radius 3 is 1.67 bits per heavy atom. The number of ether oxygens (including phenoxy) is 2. The Kier molecular flexibility index (Phi) is 20.4. The van der Waals surface area contributed by atoms with Crippen molar-refractivity contribution < 1.29 is 19.1 Å². The summed E-state index contributed by atoms with van der Waals surface area (Å²) in [5.74, 6) is 0.0876. The van der Waals surface area contributed by atoms with Gasteiger partial charge in [0.1, 0.15) is 0 Å². The van der Waals surface area contributed by atoms with Gasteiger partial charge in [0, 0.05) is 0 Å². The lowest BCUT2D eigenvalue weighted by atomic mass is 10.0. The minimum Gasteiger partial charge on any atom is -0.466 e. The van der Waals surface area contributed by atoms with E-state index in [-0.39, 0.29) is 30.9 Å². The van der Waals surface area contributed by atoms with Crippen LogP contribution in [-0.4, -0.2) is 24.6 Å². The highest BCUT2D eigenvalue weighted by Gasteiger charge is 2.12. The SMILES string of the molecule is CCCCCCCCCCCCCCOC(=O)CCC(=O)OC(C)CCCC(C)C. The third-order valence-corrected chi connectivity index (χ3v) is 5.52. The molecule has 0 fully saturated rings. The molecule has 0 N–H and O–H groups in total. The molecule has 0 aliphatic heterocycles. The molecule has 1 atom stereocenters. The van der Waals surface area contributed by atoms with Crippen LogP contribution >= 0.6 is 0 Å². The Labute approximate surface area is 186 Å². The van der Waals surface area contributed by atoms with Crippen molar-refractivity contribution >= 4 is 11.9 Å². The minimum atomic E-state index is -0.297. The van der Waals surface area contributed by atoms with Crippen LogP contribution in [0.1, 0.15) is 137 Å². The maximum atomic E-state index is 11.8. The van der Waals surface area contributed by atoms with E-state index in [1.54, 1.807) is 0 Å². The van der Waals surface area contributed by atoms with Gasteiger partial charge in [0.25, 0.3) is 0 Å². The van der Waals surface area contributed by atoms with Crippen LogP contribution in [0.25, 0.3) is 0 Å². The van der Waals surface area contributed by atoms with Crippen LogP contribution < -0.4 is 0 Å². The van der Waals surface area contributed by atoms with Crippen molar-refractivity contribution in [3.05, 3.63) is 0 Å². The second-order valence-corrected chi connectivity index (χ2v) is 9.23. The fraction of sp³-hybridized carbons (Fsp3) is 0.923. The fourth-order valence-corrected chi connectivity index (χ4v) is 3.56. The lowest BCUT2D eigenvalue weighted by Gasteiger charge is -2.13. The molecule has 0 saturated carbocycles. The highest BCUT2D eigenvalue weighted by atomic mass is 16.5. The second-order valence-electron chi connectivity index (χ2n) is 9.23. The molecule has 1 unspecified atom stereocenters. The largest absolute Gasteiger partial charge is 0.466 e. The highest BCUT2D eigenvalue weighted by molar-refractivity contribution is 5.77. The summed E-state index contributed by atoms with van der Waals surface area (Å²) < 4.78 is 10.6. The van der Waals surface area contributed by atoms with Crippen molar-refractivity contribution in [2.24, 2.45) is 5.92 Å². The van der Waals surface area contributed by atoms with Crippen LogP contribution in [0.5, 0.6) is 0 Å². The Balaban J connectivity index is 3.41. The average Bonchev–Trinajstić information content (AvgIpc) is 2.69. The molecule has 0 aromatic heterocycles. The highest BCUT2D eigenvalue weighted by Crippen LogP contribution is 2.13. The van der Waals surface area contributed by atoms with Gasteiger partial charge in [-0.1, -0.05) is 97.8 Å². The Morgan fingerprint density at radius 1 is 0.633 bits per heavy atom. The van der Waals surface area contributed by atoms with Crippen LogP contribution in [0.4, 0.5) is 0 Å². The van der Waals surface area contributed by atoms with E-state index in [4.69, 9.17) is 9.47 Å². The summed E-state index contributed by atoms with van der Waals surface area (Å²) in [6.07, 6.45) is 18.7. The predicted octanol–water partition coefficient (Wildman–Crippen LogP) is 7.77. The zero-order valence-electron chi connectivity index (χ0n) is 20.5. The number of hydrogen-bond donors (Lipinski definition) is 0. The molecular weight excluding hydrogens is 376 g/mol. The van der Waals surface area contributed by atoms with E-state index in [2.05, 4.69) is 20.8 Å². The van der Waals surface area contributed by atoms with E-state index >= 15 is 0 Å². The number of carbonyl (C=O) groups excluding carboxylic acids is 2. The topological polar surface area (TPSA) is 52.6 Å². The summed E-state index contributed by atoms with van der Waals surface area (Å²) in [6, 6.07) is 0. The van der Waals surface area contributed by atoms with Gasteiger partial charge in [0.15, 0.2) is 0 Å². The predicted molar refractivity (Wildman–Crippen MR) is 126 cm³/mol. The maximum absolute atomic E-state index is 11.8. The van der Waals surface area contributed by atoms with E-state index in [9.17, 15) is 9.59 Å². The minimum absolute atomic E-state index is 0.0756. The molecule has 0 aromatic carbocycles. The number of rotatable bonds is 21. The molecule has 178 valence electrons. The first-order chi connectivity index (χ1) is 14.5. The van der Waals surface area contributed by atoms with Crippen molar-refractivity contribution in [2.75, 3.05) is 6.61 Å². The third kappa shape index (κ3) is 21.6. The van der Waals surface area contributed by atoms with Crippen LogP contribution in [0, 0.1) is 5.92 Å². The van der Waals surface area contributed by atoms with Gasteiger partial charge in [-0.25, -0.2) is 0 Å². The standard InChI is InChI=1S/C26H50O4/c1-5-6-7-8-9-10-11-12-13-14-15-16-22-29-25(27)20-21-26(28)30-24(4)19-17-18-23(2)3/h23-24H,5-22H2,1-4H3. The van der Waals surface area contributed by atoms with E-state index < -0.39 is 0 Å². The van der Waals surface area contributed by atoms with E-state index in [0.29, 0.717) is 12.5 Å². The van der Waals surface area contributed by atoms with Gasteiger partial charge in [-0.15, -0.1) is 0 Å². The molecule has 0 heterocycles. The molecule has 4 heteroatoms. The maximum Gasteiger partial charge on any atom is 0.306 e. The Morgan fingerprint density at radius 2 is 1.13 bits per heavy atom. The Hall–Kier alpha value is -1.06. The van der Waals surface area contributed by atoms with Gasteiger partial charge in [-0.05, 0) is 32.1 Å². The first-order valence-electron chi connectivity index (χ1n) is 12.8. The smallest absolute Gasteiger partial charge is 0.306 e. The van der Waals surface area contributed by atoms with Gasteiger partial charge in [0.2, 0.25) is 0 Å². The normalized spacial score (nSPS) is 12.2. The van der Waals surface area contributed by atoms with Gasteiger partial charge < -0.3 is 9.47 Å². The summed E-state index contributed by atoms with van der Waals surface area (Å²) in [6.45, 7) is 9.04. The van der Waals surface area contributed by atoms with Crippen molar-refractivity contribution in [1.82, 2.24) is 0 Å². The monoisotopic (exact) mass is 426 g/mol. The molecule has 0 rings (SSSR count). The molecule has 0 bridgehead atoms. The van der Waals surface area contributed by atoms with Crippen LogP contribution in [0.2, 0.25) is 0 Å². The van der Waals surface area contributed by atoms with Gasteiger partial charge in [-0.3, -0.25) is 9.59 Å². The number of esters is 2. The molecule has 0 radical (unpaired) electrons. The molecule has 0 saturated heterocycles. The zero-order chi connectivity index (χ0) is 22.5. The second kappa shape index (κ2) is 21.2. The van der Waals surface area contributed by atoms with Crippen molar-refractivity contribution in [1.29, 1.82) is 0 Å². The first kappa shape index (κ1) is 28.9. The van der Waals surface area contributed by atoms with Gasteiger partial charge in [-0.2, -0.15) is 0 Å². The molecule has 0 aliphatic rings. The summed E-state index contributed by atoms with van der Waals surface area (Å²) in [5, 5.41) is 0. The zero-order valence-corrected chi connectivity index (χ0v) is 20.5. The molecule has 0 aromatic rings. The Bertz CT molecular complexity index is 406. The lowest BCUT2D eigenvalue weighted by molar-refractivity contribution is -0.153. The summed E-state index contributed by atoms with van der Waals surface area (Å²) in [5.41, 5.74) is 0. The van der Waals surface area contributed by atoms with E-state index in [0.717, 1.165) is 32.1 Å². The molecule has 0 amide bonds. The summed E-state index contributed by atoms with van der Waals surface area (Å²) in [7, 11) is 0. The quantitative estimate of drug-likeness (QED) is 0.139. The van der Waals surface area contributed by atoms with E-state index in [1.807, 2.05) is 6.92 Å². The first-order valence-corrected chi connectivity index (χ1v) is 12.8. The number of hydrogen-bond acceptors (Lipinski definition) is 4. The van der Waals surface area contributed by atoms with Gasteiger partial charge in [0.05, 0.1) is 25.6 Å². The molecule has 0 spiro atoms. The van der Waals surface area contributed by atoms with Crippen LogP contribution in [-0.2, 0) is 19.1 Å².